The van der Waals surface area contributed by atoms with Crippen molar-refractivity contribution >= 4 is 40.7 Å². The monoisotopic (exact) mass is 425 g/mol. The highest BCUT2D eigenvalue weighted by Gasteiger charge is 2.15. The maximum absolute atomic E-state index is 12.0. The van der Waals surface area contributed by atoms with Gasteiger partial charge in [-0.25, -0.2) is 0 Å². The van der Waals surface area contributed by atoms with Gasteiger partial charge in [-0.2, -0.15) is 0 Å². The first-order valence-electron chi connectivity index (χ1n) is 8.20. The second-order valence-electron chi connectivity index (χ2n) is 5.79. The normalized spacial score (nSPS) is 10.2. The summed E-state index contributed by atoms with van der Waals surface area (Å²) < 4.78 is 5.46. The summed E-state index contributed by atoms with van der Waals surface area (Å²) in [5.74, 6) is -0.623. The molecule has 0 fully saturated rings. The van der Waals surface area contributed by atoms with Crippen LogP contribution in [0.3, 0.4) is 0 Å². The second kappa shape index (κ2) is 9.91. The minimum Gasteiger partial charge on any atom is -0.492 e. The molecule has 0 aromatic heterocycles. The molecule has 0 unspecified atom stereocenters. The summed E-state index contributed by atoms with van der Waals surface area (Å²) in [4.78, 5) is 34.2. The van der Waals surface area contributed by atoms with Gasteiger partial charge in [-0.1, -0.05) is 29.3 Å². The van der Waals surface area contributed by atoms with Crippen LogP contribution in [0, 0.1) is 17.0 Å². The van der Waals surface area contributed by atoms with Gasteiger partial charge in [0.25, 0.3) is 11.6 Å². The molecular formula is C18H17Cl2N3O5. The lowest BCUT2D eigenvalue weighted by Crippen LogP contribution is -2.41. The first kappa shape index (κ1) is 21.5. The summed E-state index contributed by atoms with van der Waals surface area (Å²) in [6.45, 7) is 1.81. The molecule has 0 aliphatic rings. The Morgan fingerprint density at radius 3 is 2.57 bits per heavy atom. The van der Waals surface area contributed by atoms with Crippen molar-refractivity contribution in [3.05, 3.63) is 67.7 Å². The third-order valence-corrected chi connectivity index (χ3v) is 4.21. The Balaban J connectivity index is 1.75. The highest BCUT2D eigenvalue weighted by atomic mass is 35.5. The zero-order valence-electron chi connectivity index (χ0n) is 14.8. The summed E-state index contributed by atoms with van der Waals surface area (Å²) in [5.41, 5.74) is 4.81. The predicted octanol–water partition coefficient (Wildman–Crippen LogP) is 3.83. The van der Waals surface area contributed by atoms with Gasteiger partial charge in [0, 0.05) is 28.6 Å². The lowest BCUT2D eigenvalue weighted by molar-refractivity contribution is -0.385. The number of nitrogens with zero attached hydrogens (tertiary/aromatic N) is 1. The van der Waals surface area contributed by atoms with Gasteiger partial charge in [0.15, 0.2) is 0 Å². The number of carbonyl (C=O) groups is 2. The van der Waals surface area contributed by atoms with Gasteiger partial charge in [0.1, 0.15) is 5.75 Å². The number of benzene rings is 2. The van der Waals surface area contributed by atoms with E-state index < -0.39 is 16.7 Å². The highest BCUT2D eigenvalue weighted by molar-refractivity contribution is 6.35. The molecule has 148 valence electrons. The standard InChI is InChI=1S/C18H17Cl2N3O5/c1-11-4-5-12(9-15(11)23(26)27)18(25)22-21-17(24)3-2-8-28-16-7-6-13(19)10-14(16)20/h4-7,9-10H,2-3,8H2,1H3,(H,21,24)(H,22,25). The van der Waals surface area contributed by atoms with Gasteiger partial charge in [-0.15, -0.1) is 0 Å². The van der Waals surface area contributed by atoms with Gasteiger partial charge < -0.3 is 4.74 Å². The molecule has 0 aliphatic carbocycles. The molecule has 8 nitrogen and oxygen atoms in total. The van der Waals surface area contributed by atoms with Crippen LogP contribution in [0.1, 0.15) is 28.8 Å². The van der Waals surface area contributed by atoms with E-state index in [-0.39, 0.29) is 24.3 Å². The number of nitro benzene ring substituents is 1. The van der Waals surface area contributed by atoms with E-state index in [2.05, 4.69) is 10.9 Å². The second-order valence-corrected chi connectivity index (χ2v) is 6.63. The van der Waals surface area contributed by atoms with Crippen LogP contribution in [0.15, 0.2) is 36.4 Å². The van der Waals surface area contributed by atoms with E-state index in [0.29, 0.717) is 27.8 Å². The highest BCUT2D eigenvalue weighted by Crippen LogP contribution is 2.27. The topological polar surface area (TPSA) is 111 Å². The molecule has 0 aliphatic heterocycles. The Morgan fingerprint density at radius 1 is 1.14 bits per heavy atom. The van der Waals surface area contributed by atoms with Crippen molar-refractivity contribution in [3.8, 4) is 5.75 Å². The lowest BCUT2D eigenvalue weighted by atomic mass is 10.1. The number of aryl methyl sites for hydroxylation is 1. The van der Waals surface area contributed by atoms with Crippen molar-refractivity contribution in [2.45, 2.75) is 19.8 Å². The predicted molar refractivity (Wildman–Crippen MR) is 105 cm³/mol. The van der Waals surface area contributed by atoms with E-state index in [4.69, 9.17) is 27.9 Å². The SMILES string of the molecule is Cc1ccc(C(=O)NNC(=O)CCCOc2ccc(Cl)cc2Cl)cc1[N+](=O)[O-]. The maximum Gasteiger partial charge on any atom is 0.273 e. The Morgan fingerprint density at radius 2 is 1.89 bits per heavy atom. The third kappa shape index (κ3) is 6.11. The van der Waals surface area contributed by atoms with E-state index in [0.717, 1.165) is 6.07 Å². The summed E-state index contributed by atoms with van der Waals surface area (Å²) in [7, 11) is 0. The van der Waals surface area contributed by atoms with Crippen LogP contribution in [0.2, 0.25) is 10.0 Å². The molecule has 0 heterocycles. The minimum absolute atomic E-state index is 0.0679. The molecule has 0 saturated heterocycles. The number of hydrogen-bond donors (Lipinski definition) is 2. The molecule has 2 aromatic rings. The van der Waals surface area contributed by atoms with Crippen molar-refractivity contribution in [3.63, 3.8) is 0 Å². The van der Waals surface area contributed by atoms with Crippen molar-refractivity contribution in [1.82, 2.24) is 10.9 Å². The van der Waals surface area contributed by atoms with Gasteiger partial charge in [0.05, 0.1) is 16.6 Å². The Bertz CT molecular complexity index is 905. The van der Waals surface area contributed by atoms with Crippen LogP contribution in [-0.4, -0.2) is 23.3 Å². The number of hydrogen-bond acceptors (Lipinski definition) is 5. The van der Waals surface area contributed by atoms with Crippen molar-refractivity contribution < 1.29 is 19.2 Å². The van der Waals surface area contributed by atoms with E-state index in [1.807, 2.05) is 0 Å². The number of rotatable bonds is 7. The molecule has 2 aromatic carbocycles. The van der Waals surface area contributed by atoms with Crippen LogP contribution >= 0.6 is 23.2 Å². The number of carbonyl (C=O) groups excluding carboxylic acids is 2. The van der Waals surface area contributed by atoms with Gasteiger partial charge in [-0.05, 0) is 37.6 Å². The summed E-state index contributed by atoms with van der Waals surface area (Å²) in [6, 6.07) is 8.88. The fourth-order valence-electron chi connectivity index (χ4n) is 2.22. The van der Waals surface area contributed by atoms with Crippen molar-refractivity contribution in [2.75, 3.05) is 6.61 Å². The molecule has 0 radical (unpaired) electrons. The van der Waals surface area contributed by atoms with Crippen molar-refractivity contribution in [2.24, 2.45) is 0 Å². The molecule has 0 spiro atoms. The van der Waals surface area contributed by atoms with Crippen LogP contribution in [0.4, 0.5) is 5.69 Å². The quantitative estimate of drug-likeness (QED) is 0.397. The van der Waals surface area contributed by atoms with Gasteiger partial charge in [0.2, 0.25) is 5.91 Å². The largest absolute Gasteiger partial charge is 0.492 e. The molecule has 28 heavy (non-hydrogen) atoms. The summed E-state index contributed by atoms with van der Waals surface area (Å²) in [5, 5.41) is 11.8. The molecular weight excluding hydrogens is 409 g/mol. The zero-order chi connectivity index (χ0) is 20.7. The average molecular weight is 426 g/mol. The number of nitrogens with one attached hydrogen (secondary N) is 2. The fraction of sp³-hybridized carbons (Fsp3) is 0.222. The maximum atomic E-state index is 12.0. The molecule has 2 N–H and O–H groups in total. The van der Waals surface area contributed by atoms with Crippen LogP contribution in [0.25, 0.3) is 0 Å². The Hall–Kier alpha value is -2.84. The van der Waals surface area contributed by atoms with E-state index in [1.54, 1.807) is 25.1 Å². The Kier molecular flexibility index (Phi) is 7.60. The summed E-state index contributed by atoms with van der Waals surface area (Å²) in [6.07, 6.45) is 0.482. The molecule has 2 rings (SSSR count). The minimum atomic E-state index is -0.652. The zero-order valence-corrected chi connectivity index (χ0v) is 16.3. The summed E-state index contributed by atoms with van der Waals surface area (Å²) >= 11 is 11.8. The average Bonchev–Trinajstić information content (AvgIpc) is 2.64. The number of nitro groups is 1. The smallest absolute Gasteiger partial charge is 0.273 e. The van der Waals surface area contributed by atoms with E-state index in [1.165, 1.54) is 12.1 Å². The molecule has 0 bridgehead atoms. The third-order valence-electron chi connectivity index (χ3n) is 3.68. The van der Waals surface area contributed by atoms with Crippen LogP contribution in [0.5, 0.6) is 5.75 Å². The number of ether oxygens (including phenoxy) is 1. The van der Waals surface area contributed by atoms with Crippen LogP contribution in [-0.2, 0) is 4.79 Å². The fourth-order valence-corrected chi connectivity index (χ4v) is 2.68. The number of amides is 2. The van der Waals surface area contributed by atoms with E-state index in [9.17, 15) is 19.7 Å². The molecule has 0 atom stereocenters. The van der Waals surface area contributed by atoms with Crippen LogP contribution < -0.4 is 15.6 Å². The molecule has 2 amide bonds. The van der Waals surface area contributed by atoms with Gasteiger partial charge >= 0.3 is 0 Å². The first-order chi connectivity index (χ1) is 13.3. The number of hydrazine groups is 1. The van der Waals surface area contributed by atoms with Crippen molar-refractivity contribution in [1.29, 1.82) is 0 Å². The Labute approximate surface area is 170 Å². The lowest BCUT2D eigenvalue weighted by Gasteiger charge is -2.09. The first-order valence-corrected chi connectivity index (χ1v) is 8.95. The molecule has 0 saturated carbocycles. The van der Waals surface area contributed by atoms with Gasteiger partial charge in [-0.3, -0.25) is 30.6 Å². The molecule has 10 heteroatoms. The number of halogens is 2. The van der Waals surface area contributed by atoms with E-state index >= 15 is 0 Å².